The van der Waals surface area contributed by atoms with E-state index in [0.717, 1.165) is 15.3 Å². The molecule has 0 fully saturated rings. The number of nitrogens with zero attached hydrogens (tertiary/aromatic N) is 3. The Labute approximate surface area is 209 Å². The third-order valence-electron chi connectivity index (χ3n) is 5.05. The Morgan fingerprint density at radius 2 is 1.65 bits per heavy atom. The van der Waals surface area contributed by atoms with Crippen molar-refractivity contribution in [2.24, 2.45) is 0 Å². The molecule has 0 spiro atoms. The Kier molecular flexibility index (Phi) is 9.69. The lowest BCUT2D eigenvalue weighted by Gasteiger charge is -2.33. The highest BCUT2D eigenvalue weighted by atomic mass is 35.5. The molecule has 8 nitrogen and oxygen atoms in total. The lowest BCUT2D eigenvalue weighted by atomic mass is 10.1. The summed E-state index contributed by atoms with van der Waals surface area (Å²) in [6, 6.07) is 9.03. The fraction of sp³-hybridized carbons (Fsp3) is 0.364. The third-order valence-corrected chi connectivity index (χ3v) is 7.56. The molecule has 34 heavy (non-hydrogen) atoms. The van der Waals surface area contributed by atoms with Gasteiger partial charge in [0.25, 0.3) is 0 Å². The molecule has 0 aromatic heterocycles. The van der Waals surface area contributed by atoms with E-state index in [-0.39, 0.29) is 22.3 Å². The van der Waals surface area contributed by atoms with E-state index in [1.807, 2.05) is 0 Å². The molecule has 0 aliphatic rings. The van der Waals surface area contributed by atoms with E-state index in [9.17, 15) is 22.4 Å². The summed E-state index contributed by atoms with van der Waals surface area (Å²) in [5.74, 6) is -2.02. The predicted octanol–water partition coefficient (Wildman–Crippen LogP) is 3.30. The number of anilines is 1. The smallest absolute Gasteiger partial charge is 0.304 e. The van der Waals surface area contributed by atoms with E-state index in [0.29, 0.717) is 16.4 Å². The standard InChI is InChI=1S/C22H27Cl2FN4O4S/c1-5-26-22(31)15(2)28(13-16-17(23)9-8-10-18(16)24)21(30)14-29(34(32,33)27(3)4)20-12-7-6-11-19(20)25/h6-12,15H,5,13-14H2,1-4H3,(H,26,31). The largest absolute Gasteiger partial charge is 0.355 e. The first-order valence-electron chi connectivity index (χ1n) is 10.4. The van der Waals surface area contributed by atoms with Gasteiger partial charge in [0.15, 0.2) is 0 Å². The van der Waals surface area contributed by atoms with Crippen LogP contribution in [-0.2, 0) is 26.3 Å². The second kappa shape index (κ2) is 11.8. The molecule has 0 saturated heterocycles. The summed E-state index contributed by atoms with van der Waals surface area (Å²) >= 11 is 12.5. The Balaban J connectivity index is 2.53. The molecule has 2 aromatic carbocycles. The normalized spacial score (nSPS) is 12.4. The monoisotopic (exact) mass is 532 g/mol. The number of halogens is 3. The van der Waals surface area contributed by atoms with Crippen molar-refractivity contribution in [1.82, 2.24) is 14.5 Å². The van der Waals surface area contributed by atoms with Crippen molar-refractivity contribution >= 4 is 50.9 Å². The van der Waals surface area contributed by atoms with Crippen LogP contribution < -0.4 is 9.62 Å². The second-order valence-corrected chi connectivity index (χ2v) is 10.4. The molecule has 0 saturated carbocycles. The molecule has 186 valence electrons. The molecule has 2 amide bonds. The molecule has 0 aliphatic carbocycles. The molecule has 0 aliphatic heterocycles. The summed E-state index contributed by atoms with van der Waals surface area (Å²) in [5.41, 5.74) is 0.0918. The molecule has 1 N–H and O–H groups in total. The molecule has 2 aromatic rings. The summed E-state index contributed by atoms with van der Waals surface area (Å²) in [4.78, 5) is 27.3. The number of likely N-dealkylation sites (N-methyl/N-ethyl adjacent to an activating group) is 1. The first-order valence-corrected chi connectivity index (χ1v) is 12.5. The maximum absolute atomic E-state index is 14.6. The highest BCUT2D eigenvalue weighted by Crippen LogP contribution is 2.28. The number of para-hydroxylation sites is 1. The molecule has 1 unspecified atom stereocenters. The SMILES string of the molecule is CCNC(=O)C(C)N(Cc1c(Cl)cccc1Cl)C(=O)CN(c1ccccc1F)S(=O)(=O)N(C)C. The molecule has 12 heteroatoms. The maximum Gasteiger partial charge on any atom is 0.304 e. The van der Waals surface area contributed by atoms with Crippen LogP contribution in [-0.4, -0.2) is 62.7 Å². The van der Waals surface area contributed by atoms with Crippen molar-refractivity contribution in [1.29, 1.82) is 0 Å². The quantitative estimate of drug-likeness (QED) is 0.508. The first kappa shape index (κ1) is 27.8. The number of carbonyl (C=O) groups excluding carboxylic acids is 2. The van der Waals surface area contributed by atoms with Gasteiger partial charge in [-0.2, -0.15) is 12.7 Å². The topological polar surface area (TPSA) is 90.0 Å². The lowest BCUT2D eigenvalue weighted by Crippen LogP contribution is -2.52. The van der Waals surface area contributed by atoms with Gasteiger partial charge in [0, 0.05) is 42.8 Å². The van der Waals surface area contributed by atoms with Crippen LogP contribution in [0, 0.1) is 5.82 Å². The van der Waals surface area contributed by atoms with Gasteiger partial charge >= 0.3 is 10.2 Å². The van der Waals surface area contributed by atoms with Gasteiger partial charge in [-0.15, -0.1) is 0 Å². The number of hydrogen-bond acceptors (Lipinski definition) is 4. The molecule has 1 atom stereocenters. The minimum Gasteiger partial charge on any atom is -0.355 e. The zero-order valence-corrected chi connectivity index (χ0v) is 21.6. The van der Waals surface area contributed by atoms with E-state index in [1.165, 1.54) is 39.2 Å². The van der Waals surface area contributed by atoms with E-state index >= 15 is 0 Å². The number of amides is 2. The molecular weight excluding hydrogens is 506 g/mol. The Morgan fingerprint density at radius 1 is 1.06 bits per heavy atom. The predicted molar refractivity (Wildman–Crippen MR) is 132 cm³/mol. The van der Waals surface area contributed by atoms with Crippen LogP contribution in [0.3, 0.4) is 0 Å². The van der Waals surface area contributed by atoms with Gasteiger partial charge in [-0.05, 0) is 38.1 Å². The molecule has 0 heterocycles. The van der Waals surface area contributed by atoms with Gasteiger partial charge in [0.05, 0.1) is 5.69 Å². The number of hydrogen-bond donors (Lipinski definition) is 1. The highest BCUT2D eigenvalue weighted by molar-refractivity contribution is 7.90. The van der Waals surface area contributed by atoms with Crippen molar-refractivity contribution in [2.75, 3.05) is 31.5 Å². The summed E-state index contributed by atoms with van der Waals surface area (Å²) in [5, 5.41) is 3.20. The van der Waals surface area contributed by atoms with Crippen LogP contribution in [0.5, 0.6) is 0 Å². The molecular formula is C22H27Cl2FN4O4S. The average molecular weight is 533 g/mol. The summed E-state index contributed by atoms with van der Waals surface area (Å²) in [6.45, 7) is 2.64. The summed E-state index contributed by atoms with van der Waals surface area (Å²) < 4.78 is 42.1. The van der Waals surface area contributed by atoms with Crippen molar-refractivity contribution in [3.8, 4) is 0 Å². The number of nitrogens with one attached hydrogen (secondary N) is 1. The van der Waals surface area contributed by atoms with E-state index in [1.54, 1.807) is 25.1 Å². The molecule has 0 bridgehead atoms. The van der Waals surface area contributed by atoms with Crippen LogP contribution in [0.1, 0.15) is 19.4 Å². The minimum absolute atomic E-state index is 0.164. The zero-order valence-electron chi connectivity index (χ0n) is 19.3. The molecule has 0 radical (unpaired) electrons. The zero-order chi connectivity index (χ0) is 25.6. The Morgan fingerprint density at radius 3 is 2.18 bits per heavy atom. The van der Waals surface area contributed by atoms with Crippen molar-refractivity contribution in [3.63, 3.8) is 0 Å². The van der Waals surface area contributed by atoms with Crippen LogP contribution in [0.25, 0.3) is 0 Å². The van der Waals surface area contributed by atoms with Gasteiger partial charge in [0.1, 0.15) is 18.4 Å². The average Bonchev–Trinajstić information content (AvgIpc) is 2.77. The van der Waals surface area contributed by atoms with Crippen LogP contribution in [0.2, 0.25) is 10.0 Å². The Bertz CT molecular complexity index is 1130. The number of carbonyl (C=O) groups is 2. The maximum atomic E-state index is 14.6. The van der Waals surface area contributed by atoms with Gasteiger partial charge in [-0.25, -0.2) is 8.70 Å². The fourth-order valence-corrected chi connectivity index (χ4v) is 4.70. The van der Waals surface area contributed by atoms with Crippen LogP contribution in [0.15, 0.2) is 42.5 Å². The van der Waals surface area contributed by atoms with Crippen molar-refractivity contribution in [2.45, 2.75) is 26.4 Å². The fourth-order valence-electron chi connectivity index (χ4n) is 3.11. The van der Waals surface area contributed by atoms with Crippen LogP contribution in [0.4, 0.5) is 10.1 Å². The van der Waals surface area contributed by atoms with E-state index in [4.69, 9.17) is 23.2 Å². The summed E-state index contributed by atoms with van der Waals surface area (Å²) in [6.07, 6.45) is 0. The number of rotatable bonds is 10. The first-order chi connectivity index (χ1) is 15.9. The van der Waals surface area contributed by atoms with Gasteiger partial charge < -0.3 is 10.2 Å². The van der Waals surface area contributed by atoms with Crippen molar-refractivity contribution in [3.05, 3.63) is 63.9 Å². The van der Waals surface area contributed by atoms with Gasteiger partial charge in [0.2, 0.25) is 11.8 Å². The molecule has 2 rings (SSSR count). The lowest BCUT2D eigenvalue weighted by molar-refractivity contribution is -0.139. The number of benzene rings is 2. The van der Waals surface area contributed by atoms with Gasteiger partial charge in [-0.1, -0.05) is 41.4 Å². The Hall–Kier alpha value is -2.40. The van der Waals surface area contributed by atoms with Crippen LogP contribution >= 0.6 is 23.2 Å². The van der Waals surface area contributed by atoms with E-state index < -0.39 is 40.4 Å². The highest BCUT2D eigenvalue weighted by Gasteiger charge is 2.34. The second-order valence-electron chi connectivity index (χ2n) is 7.54. The van der Waals surface area contributed by atoms with E-state index in [2.05, 4.69) is 5.32 Å². The van der Waals surface area contributed by atoms with Gasteiger partial charge in [-0.3, -0.25) is 9.59 Å². The minimum atomic E-state index is -4.26. The van der Waals surface area contributed by atoms with Crippen molar-refractivity contribution < 1.29 is 22.4 Å². The third kappa shape index (κ3) is 6.38. The summed E-state index contributed by atoms with van der Waals surface area (Å²) in [7, 11) is -1.72.